The van der Waals surface area contributed by atoms with Crippen molar-refractivity contribution in [3.63, 3.8) is 0 Å². The molecule has 0 fully saturated rings. The summed E-state index contributed by atoms with van der Waals surface area (Å²) in [5.74, 6) is -1.69. The van der Waals surface area contributed by atoms with Gasteiger partial charge in [-0.15, -0.1) is 0 Å². The molecule has 1 heterocycles. The van der Waals surface area contributed by atoms with Crippen LogP contribution in [0.5, 0.6) is 0 Å². The normalized spacial score (nSPS) is 12.5. The van der Waals surface area contributed by atoms with Crippen LogP contribution in [-0.2, 0) is 6.42 Å². The number of rotatable bonds is 3. The highest BCUT2D eigenvalue weighted by Gasteiger charge is 2.12. The zero-order chi connectivity index (χ0) is 14.0. The van der Waals surface area contributed by atoms with Gasteiger partial charge in [0.25, 0.3) is 0 Å². The van der Waals surface area contributed by atoms with Crippen LogP contribution in [0.2, 0.25) is 0 Å². The zero-order valence-corrected chi connectivity index (χ0v) is 11.0. The predicted octanol–water partition coefficient (Wildman–Crippen LogP) is 3.22. The molecule has 2 aromatic rings. The molecule has 0 aliphatic heterocycles. The monoisotopic (exact) mass is 262 g/mol. The number of hydrogen-bond donors (Lipinski definition) is 1. The quantitative estimate of drug-likeness (QED) is 0.922. The smallest absolute Gasteiger partial charge is 0.159 e. The number of nitrogens with two attached hydrogens (primary N) is 1. The number of hydrogen-bond acceptors (Lipinski definition) is 2. The van der Waals surface area contributed by atoms with Crippen molar-refractivity contribution in [2.45, 2.75) is 26.3 Å². The summed E-state index contributed by atoms with van der Waals surface area (Å²) in [6, 6.07) is 7.41. The summed E-state index contributed by atoms with van der Waals surface area (Å²) >= 11 is 0. The molecule has 1 aromatic heterocycles. The maximum atomic E-state index is 13.1. The van der Waals surface area contributed by atoms with Gasteiger partial charge in [0, 0.05) is 17.4 Å². The van der Waals surface area contributed by atoms with Crippen LogP contribution < -0.4 is 5.73 Å². The minimum atomic E-state index is -0.844. The minimum absolute atomic E-state index is 0.280. The van der Waals surface area contributed by atoms with E-state index in [4.69, 9.17) is 5.73 Å². The van der Waals surface area contributed by atoms with E-state index < -0.39 is 11.6 Å². The van der Waals surface area contributed by atoms with Crippen molar-refractivity contribution in [3.05, 3.63) is 64.5 Å². The third kappa shape index (κ3) is 3.15. The molecule has 4 heteroatoms. The van der Waals surface area contributed by atoms with E-state index in [2.05, 4.69) is 4.98 Å². The van der Waals surface area contributed by atoms with Crippen molar-refractivity contribution >= 4 is 0 Å². The molecule has 2 N–H and O–H groups in total. The van der Waals surface area contributed by atoms with Gasteiger partial charge in [-0.25, -0.2) is 8.78 Å². The van der Waals surface area contributed by atoms with Crippen molar-refractivity contribution < 1.29 is 8.78 Å². The second kappa shape index (κ2) is 5.45. The number of halogens is 2. The van der Waals surface area contributed by atoms with E-state index in [1.165, 1.54) is 6.07 Å². The summed E-state index contributed by atoms with van der Waals surface area (Å²) in [6.45, 7) is 3.81. The maximum absolute atomic E-state index is 13.1. The first-order valence-corrected chi connectivity index (χ1v) is 6.11. The summed E-state index contributed by atoms with van der Waals surface area (Å²) < 4.78 is 26.0. The number of benzene rings is 1. The number of nitrogens with zero attached hydrogens (tertiary/aromatic N) is 1. The first-order chi connectivity index (χ1) is 8.97. The second-order valence-corrected chi connectivity index (χ2v) is 4.69. The van der Waals surface area contributed by atoms with Gasteiger partial charge >= 0.3 is 0 Å². The van der Waals surface area contributed by atoms with Crippen LogP contribution in [0.4, 0.5) is 8.78 Å². The van der Waals surface area contributed by atoms with Gasteiger partial charge in [-0.3, -0.25) is 4.98 Å². The Balaban J connectivity index is 2.20. The van der Waals surface area contributed by atoms with E-state index in [9.17, 15) is 8.78 Å². The third-order valence-electron chi connectivity index (χ3n) is 3.11. The van der Waals surface area contributed by atoms with Gasteiger partial charge in [0.1, 0.15) is 0 Å². The number of aromatic nitrogens is 1. The Kier molecular flexibility index (Phi) is 3.90. The molecule has 0 aliphatic rings. The Morgan fingerprint density at radius 2 is 1.84 bits per heavy atom. The summed E-state index contributed by atoms with van der Waals surface area (Å²) in [6.07, 6.45) is 0.447. The Morgan fingerprint density at radius 3 is 2.47 bits per heavy atom. The molecule has 1 atom stereocenters. The van der Waals surface area contributed by atoms with Crippen LogP contribution >= 0.6 is 0 Å². The van der Waals surface area contributed by atoms with Crippen molar-refractivity contribution in [3.8, 4) is 0 Å². The molecule has 1 unspecified atom stereocenters. The van der Waals surface area contributed by atoms with E-state index in [1.807, 2.05) is 26.0 Å². The number of aryl methyl sites for hydroxylation is 2. The Labute approximate surface area is 111 Å². The Hall–Kier alpha value is -1.81. The van der Waals surface area contributed by atoms with E-state index in [0.29, 0.717) is 12.0 Å². The molecule has 0 bridgehead atoms. The first-order valence-electron chi connectivity index (χ1n) is 6.11. The fraction of sp³-hybridized carbons (Fsp3) is 0.267. The van der Waals surface area contributed by atoms with E-state index in [1.54, 1.807) is 6.07 Å². The van der Waals surface area contributed by atoms with Crippen LogP contribution in [0.25, 0.3) is 0 Å². The van der Waals surface area contributed by atoms with Crippen LogP contribution in [0.1, 0.15) is 28.6 Å². The fourth-order valence-electron chi connectivity index (χ4n) is 2.12. The summed E-state index contributed by atoms with van der Waals surface area (Å²) in [4.78, 5) is 4.35. The fourth-order valence-corrected chi connectivity index (χ4v) is 2.12. The minimum Gasteiger partial charge on any atom is -0.324 e. The van der Waals surface area contributed by atoms with Crippen molar-refractivity contribution in [2.75, 3.05) is 0 Å². The van der Waals surface area contributed by atoms with Gasteiger partial charge in [-0.2, -0.15) is 0 Å². The van der Waals surface area contributed by atoms with E-state index in [0.717, 1.165) is 23.0 Å². The Bertz CT molecular complexity index is 597. The van der Waals surface area contributed by atoms with Gasteiger partial charge in [0.05, 0.1) is 0 Å². The molecule has 0 saturated carbocycles. The summed E-state index contributed by atoms with van der Waals surface area (Å²) in [5, 5.41) is 0. The van der Waals surface area contributed by atoms with Gasteiger partial charge in [-0.1, -0.05) is 12.1 Å². The Morgan fingerprint density at radius 1 is 1.11 bits per heavy atom. The zero-order valence-electron chi connectivity index (χ0n) is 11.0. The maximum Gasteiger partial charge on any atom is 0.159 e. The molecule has 1 aromatic carbocycles. The lowest BCUT2D eigenvalue weighted by Crippen LogP contribution is -2.15. The molecule has 2 nitrogen and oxygen atoms in total. The molecule has 19 heavy (non-hydrogen) atoms. The SMILES string of the molecule is Cc1ccc(C(N)Cc2ccc(F)c(F)c2)c(C)n1. The van der Waals surface area contributed by atoms with E-state index in [-0.39, 0.29) is 6.04 Å². The largest absolute Gasteiger partial charge is 0.324 e. The average molecular weight is 262 g/mol. The second-order valence-electron chi connectivity index (χ2n) is 4.69. The van der Waals surface area contributed by atoms with Crippen LogP contribution in [0.15, 0.2) is 30.3 Å². The van der Waals surface area contributed by atoms with Gasteiger partial charge in [-0.05, 0) is 49.6 Å². The van der Waals surface area contributed by atoms with E-state index >= 15 is 0 Å². The lowest BCUT2D eigenvalue weighted by Gasteiger charge is -2.15. The lowest BCUT2D eigenvalue weighted by molar-refractivity contribution is 0.506. The van der Waals surface area contributed by atoms with Gasteiger partial charge in [0.15, 0.2) is 11.6 Å². The summed E-state index contributed by atoms with van der Waals surface area (Å²) in [5.41, 5.74) is 9.51. The highest BCUT2D eigenvalue weighted by Crippen LogP contribution is 2.20. The molecule has 0 radical (unpaired) electrons. The van der Waals surface area contributed by atoms with Crippen molar-refractivity contribution in [1.29, 1.82) is 0 Å². The predicted molar refractivity (Wildman–Crippen MR) is 70.7 cm³/mol. The molecule has 100 valence electrons. The molecule has 0 spiro atoms. The topological polar surface area (TPSA) is 38.9 Å². The molecule has 0 amide bonds. The first kappa shape index (κ1) is 13.6. The van der Waals surface area contributed by atoms with Crippen molar-refractivity contribution in [1.82, 2.24) is 4.98 Å². The van der Waals surface area contributed by atoms with Crippen LogP contribution in [-0.4, -0.2) is 4.98 Å². The molecular formula is C15H16F2N2. The molecular weight excluding hydrogens is 246 g/mol. The molecule has 0 aliphatic carbocycles. The summed E-state index contributed by atoms with van der Waals surface area (Å²) in [7, 11) is 0. The van der Waals surface area contributed by atoms with Crippen molar-refractivity contribution in [2.24, 2.45) is 5.73 Å². The van der Waals surface area contributed by atoms with Crippen LogP contribution in [0.3, 0.4) is 0 Å². The molecule has 2 rings (SSSR count). The molecule has 0 saturated heterocycles. The number of pyridine rings is 1. The van der Waals surface area contributed by atoms with Crippen LogP contribution in [0, 0.1) is 25.5 Å². The van der Waals surface area contributed by atoms with Gasteiger partial charge < -0.3 is 5.73 Å². The lowest BCUT2D eigenvalue weighted by atomic mass is 9.98. The average Bonchev–Trinajstić information content (AvgIpc) is 2.33. The van der Waals surface area contributed by atoms with Gasteiger partial charge in [0.2, 0.25) is 0 Å². The standard InChI is InChI=1S/C15H16F2N2/c1-9-3-5-12(10(2)19-9)15(18)8-11-4-6-13(16)14(17)7-11/h3-7,15H,8,18H2,1-2H3. The highest BCUT2D eigenvalue weighted by molar-refractivity contribution is 5.28. The highest BCUT2D eigenvalue weighted by atomic mass is 19.2. The third-order valence-corrected chi connectivity index (χ3v) is 3.11.